The maximum absolute atomic E-state index is 13.2. The Bertz CT molecular complexity index is 887. The first-order valence-electron chi connectivity index (χ1n) is 9.89. The van der Waals surface area contributed by atoms with E-state index in [1.54, 1.807) is 18.0 Å². The van der Waals surface area contributed by atoms with Crippen LogP contribution >= 0.6 is 0 Å². The number of aryl methyl sites for hydroxylation is 1. The van der Waals surface area contributed by atoms with E-state index < -0.39 is 5.82 Å². The van der Waals surface area contributed by atoms with Gasteiger partial charge in [-0.1, -0.05) is 6.07 Å². The highest BCUT2D eigenvalue weighted by molar-refractivity contribution is 5.99. The van der Waals surface area contributed by atoms with Gasteiger partial charge in [0.05, 0.1) is 19.2 Å². The van der Waals surface area contributed by atoms with Gasteiger partial charge >= 0.3 is 0 Å². The standard InChI is InChI=1S/C22H28FN3O3/c1-15-10-20(16(2)26(15)12-19-8-5-9-29-19)21(27)13-25(3)14-22(28)24-18-7-4-6-17(23)11-18/h4,6-7,10-11,19H,5,8-9,12-14H2,1-3H3,(H,24,28)/t19-/m1/s1. The molecule has 0 spiro atoms. The molecule has 0 bridgehead atoms. The summed E-state index contributed by atoms with van der Waals surface area (Å²) in [6.45, 7) is 5.67. The molecule has 1 aromatic carbocycles. The van der Waals surface area contributed by atoms with Crippen molar-refractivity contribution < 1.29 is 18.7 Å². The Morgan fingerprint density at radius 1 is 1.28 bits per heavy atom. The van der Waals surface area contributed by atoms with Gasteiger partial charge in [0, 0.05) is 35.8 Å². The molecule has 0 unspecified atom stereocenters. The number of aromatic nitrogens is 1. The van der Waals surface area contributed by atoms with Gasteiger partial charge in [-0.2, -0.15) is 0 Å². The van der Waals surface area contributed by atoms with Crippen molar-refractivity contribution in [2.75, 3.05) is 32.1 Å². The zero-order chi connectivity index (χ0) is 21.0. The predicted octanol–water partition coefficient (Wildman–Crippen LogP) is 3.18. The fourth-order valence-electron chi connectivity index (χ4n) is 3.75. The monoisotopic (exact) mass is 401 g/mol. The number of ether oxygens (including phenoxy) is 1. The molecule has 1 aromatic heterocycles. The van der Waals surface area contributed by atoms with E-state index in [2.05, 4.69) is 9.88 Å². The minimum Gasteiger partial charge on any atom is -0.376 e. The van der Waals surface area contributed by atoms with Crippen molar-refractivity contribution in [3.63, 3.8) is 0 Å². The lowest BCUT2D eigenvalue weighted by Crippen LogP contribution is -2.34. The molecule has 1 N–H and O–H groups in total. The summed E-state index contributed by atoms with van der Waals surface area (Å²) < 4.78 is 21.1. The number of hydrogen-bond acceptors (Lipinski definition) is 4. The molecule has 1 fully saturated rings. The van der Waals surface area contributed by atoms with Crippen molar-refractivity contribution in [2.45, 2.75) is 39.3 Å². The average molecular weight is 401 g/mol. The maximum Gasteiger partial charge on any atom is 0.238 e. The molecule has 0 aliphatic carbocycles. The highest BCUT2D eigenvalue weighted by atomic mass is 19.1. The average Bonchev–Trinajstić information content (AvgIpc) is 3.25. The normalized spacial score (nSPS) is 16.4. The topological polar surface area (TPSA) is 63.6 Å². The van der Waals surface area contributed by atoms with Crippen molar-refractivity contribution in [1.82, 2.24) is 9.47 Å². The number of amides is 1. The van der Waals surface area contributed by atoms with Gasteiger partial charge < -0.3 is 14.6 Å². The van der Waals surface area contributed by atoms with Gasteiger partial charge in [0.2, 0.25) is 5.91 Å². The molecule has 1 aliphatic rings. The van der Waals surface area contributed by atoms with E-state index in [1.807, 2.05) is 19.9 Å². The number of carbonyl (C=O) groups is 2. The second-order valence-corrected chi connectivity index (χ2v) is 7.68. The second kappa shape index (κ2) is 9.33. The summed E-state index contributed by atoms with van der Waals surface area (Å²) in [6.07, 6.45) is 2.33. The van der Waals surface area contributed by atoms with Gasteiger partial charge in [0.1, 0.15) is 5.82 Å². The lowest BCUT2D eigenvalue weighted by Gasteiger charge is -2.16. The summed E-state index contributed by atoms with van der Waals surface area (Å²) in [4.78, 5) is 26.6. The van der Waals surface area contributed by atoms with Crippen molar-refractivity contribution in [2.24, 2.45) is 0 Å². The molecule has 1 saturated heterocycles. The number of likely N-dealkylation sites (N-methyl/N-ethyl adjacent to an activating group) is 1. The minimum atomic E-state index is -0.412. The Morgan fingerprint density at radius 3 is 2.76 bits per heavy atom. The first kappa shape index (κ1) is 21.2. The zero-order valence-corrected chi connectivity index (χ0v) is 17.2. The zero-order valence-electron chi connectivity index (χ0n) is 17.2. The van der Waals surface area contributed by atoms with E-state index in [1.165, 1.54) is 18.2 Å². The Hall–Kier alpha value is -2.51. The lowest BCUT2D eigenvalue weighted by molar-refractivity contribution is -0.116. The largest absolute Gasteiger partial charge is 0.376 e. The predicted molar refractivity (Wildman–Crippen MR) is 110 cm³/mol. The summed E-state index contributed by atoms with van der Waals surface area (Å²) in [6, 6.07) is 7.63. The van der Waals surface area contributed by atoms with Crippen LogP contribution in [0.25, 0.3) is 0 Å². The Labute approximate surface area is 170 Å². The molecular formula is C22H28FN3O3. The number of halogens is 1. The molecular weight excluding hydrogens is 373 g/mol. The van der Waals surface area contributed by atoms with E-state index in [9.17, 15) is 14.0 Å². The smallest absolute Gasteiger partial charge is 0.238 e. The van der Waals surface area contributed by atoms with Gasteiger partial charge in [-0.3, -0.25) is 14.5 Å². The molecule has 0 saturated carbocycles. The highest BCUT2D eigenvalue weighted by Gasteiger charge is 2.22. The lowest BCUT2D eigenvalue weighted by atomic mass is 10.1. The molecule has 3 rings (SSSR count). The molecule has 2 aromatic rings. The molecule has 7 heteroatoms. The first-order chi connectivity index (χ1) is 13.8. The van der Waals surface area contributed by atoms with Gasteiger partial charge in [0.15, 0.2) is 5.78 Å². The van der Waals surface area contributed by atoms with Crippen LogP contribution in [0.15, 0.2) is 30.3 Å². The summed E-state index contributed by atoms with van der Waals surface area (Å²) in [5.41, 5.74) is 3.04. The van der Waals surface area contributed by atoms with Gasteiger partial charge in [-0.15, -0.1) is 0 Å². The summed E-state index contributed by atoms with van der Waals surface area (Å²) in [5, 5.41) is 2.64. The third kappa shape index (κ3) is 5.52. The van der Waals surface area contributed by atoms with E-state index in [0.717, 1.165) is 37.4 Å². The quantitative estimate of drug-likeness (QED) is 0.690. The number of nitrogens with one attached hydrogen (secondary N) is 1. The third-order valence-corrected chi connectivity index (χ3v) is 5.22. The van der Waals surface area contributed by atoms with Crippen molar-refractivity contribution in [3.05, 3.63) is 53.1 Å². The molecule has 156 valence electrons. The van der Waals surface area contributed by atoms with Crippen molar-refractivity contribution in [3.8, 4) is 0 Å². The molecule has 0 radical (unpaired) electrons. The SMILES string of the molecule is Cc1cc(C(=O)CN(C)CC(=O)Nc2cccc(F)c2)c(C)n1C[C@H]1CCCO1. The number of nitrogens with zero attached hydrogens (tertiary/aromatic N) is 2. The van der Waals surface area contributed by atoms with Gasteiger partial charge in [0.25, 0.3) is 0 Å². The molecule has 6 nitrogen and oxygen atoms in total. The van der Waals surface area contributed by atoms with Gasteiger partial charge in [-0.25, -0.2) is 4.39 Å². The number of rotatable bonds is 8. The van der Waals surface area contributed by atoms with Crippen LogP contribution in [0.1, 0.15) is 34.6 Å². The minimum absolute atomic E-state index is 0.0299. The van der Waals surface area contributed by atoms with Crippen LogP contribution in [-0.2, 0) is 16.1 Å². The fraction of sp³-hybridized carbons (Fsp3) is 0.455. The number of ketones is 1. The fourth-order valence-corrected chi connectivity index (χ4v) is 3.75. The van der Waals surface area contributed by atoms with E-state index in [-0.39, 0.29) is 30.9 Å². The maximum atomic E-state index is 13.2. The number of carbonyl (C=O) groups excluding carboxylic acids is 2. The summed E-state index contributed by atoms with van der Waals surface area (Å²) >= 11 is 0. The molecule has 29 heavy (non-hydrogen) atoms. The van der Waals surface area contributed by atoms with Crippen LogP contribution in [0.2, 0.25) is 0 Å². The van der Waals surface area contributed by atoms with E-state index >= 15 is 0 Å². The summed E-state index contributed by atoms with van der Waals surface area (Å²) in [7, 11) is 1.72. The molecule has 2 heterocycles. The second-order valence-electron chi connectivity index (χ2n) is 7.68. The van der Waals surface area contributed by atoms with E-state index in [0.29, 0.717) is 11.3 Å². The number of Topliss-reactive ketones (excluding diaryl/α,β-unsaturated/α-hetero) is 1. The highest BCUT2D eigenvalue weighted by Crippen LogP contribution is 2.21. The van der Waals surface area contributed by atoms with E-state index in [4.69, 9.17) is 4.74 Å². The molecule has 1 aliphatic heterocycles. The van der Waals surface area contributed by atoms with Crippen LogP contribution in [0.4, 0.5) is 10.1 Å². The van der Waals surface area contributed by atoms with Crippen molar-refractivity contribution >= 4 is 17.4 Å². The van der Waals surface area contributed by atoms with Crippen LogP contribution in [0.3, 0.4) is 0 Å². The van der Waals surface area contributed by atoms with Gasteiger partial charge in [-0.05, 0) is 58.0 Å². The molecule has 1 atom stereocenters. The Balaban J connectivity index is 1.57. The number of benzene rings is 1. The van der Waals surface area contributed by atoms with Crippen LogP contribution < -0.4 is 5.32 Å². The number of hydrogen-bond donors (Lipinski definition) is 1. The Kier molecular flexibility index (Phi) is 6.82. The summed E-state index contributed by atoms with van der Waals surface area (Å²) in [5.74, 6) is -0.739. The van der Waals surface area contributed by atoms with Crippen LogP contribution in [-0.4, -0.2) is 54.0 Å². The number of anilines is 1. The first-order valence-corrected chi connectivity index (χ1v) is 9.89. The molecule has 1 amide bonds. The van der Waals surface area contributed by atoms with Crippen LogP contribution in [0, 0.1) is 19.7 Å². The Morgan fingerprint density at radius 2 is 2.07 bits per heavy atom. The van der Waals surface area contributed by atoms with Crippen molar-refractivity contribution in [1.29, 1.82) is 0 Å². The van der Waals surface area contributed by atoms with Crippen LogP contribution in [0.5, 0.6) is 0 Å². The third-order valence-electron chi connectivity index (χ3n) is 5.22.